The molecule has 0 saturated carbocycles. The third-order valence-electron chi connectivity index (χ3n) is 5.99. The molecule has 1 atom stereocenters. The normalized spacial score (nSPS) is 15.9. The molecule has 0 aromatic heterocycles. The van der Waals surface area contributed by atoms with Crippen molar-refractivity contribution in [1.29, 1.82) is 0 Å². The summed E-state index contributed by atoms with van der Waals surface area (Å²) < 4.78 is 6.15. The Morgan fingerprint density at radius 1 is 0.972 bits per heavy atom. The van der Waals surface area contributed by atoms with Crippen molar-refractivity contribution in [3.63, 3.8) is 0 Å². The molecule has 9 heteroatoms. The SMILES string of the molecule is NC1C=CC2=C(c3ccccc3C(=O)O)c3ccc(NC(=O)c4ccc(B(O)O)cc4)cc3OC2=C1. The van der Waals surface area contributed by atoms with E-state index in [1.165, 1.54) is 24.3 Å². The smallest absolute Gasteiger partial charge is 0.478 e. The highest BCUT2D eigenvalue weighted by Gasteiger charge is 2.29. The molecule has 0 fully saturated rings. The summed E-state index contributed by atoms with van der Waals surface area (Å²) in [5.41, 5.74) is 9.94. The Hall–Kier alpha value is -4.44. The van der Waals surface area contributed by atoms with Crippen molar-refractivity contribution in [3.8, 4) is 5.75 Å². The Balaban J connectivity index is 1.54. The fourth-order valence-electron chi connectivity index (χ4n) is 4.25. The Kier molecular flexibility index (Phi) is 6.03. The minimum Gasteiger partial charge on any atom is -0.478 e. The molecule has 3 aromatic rings. The fraction of sp³-hybridized carbons (Fsp3) is 0.0370. The van der Waals surface area contributed by atoms with Crippen LogP contribution in [0.3, 0.4) is 0 Å². The Morgan fingerprint density at radius 3 is 2.44 bits per heavy atom. The first kappa shape index (κ1) is 23.3. The molecule has 36 heavy (non-hydrogen) atoms. The molecule has 0 radical (unpaired) electrons. The van der Waals surface area contributed by atoms with Crippen LogP contribution in [0.2, 0.25) is 0 Å². The molecule has 5 rings (SSSR count). The van der Waals surface area contributed by atoms with Crippen molar-refractivity contribution in [1.82, 2.24) is 0 Å². The number of anilines is 1. The Bertz CT molecular complexity index is 1470. The van der Waals surface area contributed by atoms with Gasteiger partial charge in [0.15, 0.2) is 0 Å². The zero-order valence-electron chi connectivity index (χ0n) is 18.9. The van der Waals surface area contributed by atoms with E-state index in [0.29, 0.717) is 39.5 Å². The Labute approximate surface area is 206 Å². The average molecular weight is 480 g/mol. The highest BCUT2D eigenvalue weighted by atomic mass is 16.5. The molecule has 6 N–H and O–H groups in total. The highest BCUT2D eigenvalue weighted by molar-refractivity contribution is 6.58. The number of hydrogen-bond donors (Lipinski definition) is 5. The lowest BCUT2D eigenvalue weighted by atomic mass is 9.80. The van der Waals surface area contributed by atoms with E-state index in [2.05, 4.69) is 5.32 Å². The topological polar surface area (TPSA) is 142 Å². The molecular weight excluding hydrogens is 459 g/mol. The van der Waals surface area contributed by atoms with E-state index in [1.807, 2.05) is 12.2 Å². The number of benzene rings is 3. The molecule has 1 heterocycles. The summed E-state index contributed by atoms with van der Waals surface area (Å²) in [6, 6.07) is 17.5. The molecular formula is C27H21BN2O6. The molecule has 2 aliphatic rings. The Morgan fingerprint density at radius 2 is 1.72 bits per heavy atom. The van der Waals surface area contributed by atoms with Crippen molar-refractivity contribution in [2.45, 2.75) is 6.04 Å². The molecule has 0 bridgehead atoms. The number of rotatable bonds is 5. The van der Waals surface area contributed by atoms with Crippen LogP contribution in [0.5, 0.6) is 5.75 Å². The lowest BCUT2D eigenvalue weighted by molar-refractivity contribution is 0.0696. The van der Waals surface area contributed by atoms with Gasteiger partial charge in [-0.3, -0.25) is 4.79 Å². The maximum Gasteiger partial charge on any atom is 0.488 e. The number of hydrogen-bond acceptors (Lipinski definition) is 6. The van der Waals surface area contributed by atoms with Crippen LogP contribution in [0.1, 0.15) is 31.8 Å². The average Bonchev–Trinajstić information content (AvgIpc) is 2.87. The van der Waals surface area contributed by atoms with E-state index in [-0.39, 0.29) is 23.0 Å². The lowest BCUT2D eigenvalue weighted by Gasteiger charge is -2.28. The zero-order chi connectivity index (χ0) is 25.4. The van der Waals surface area contributed by atoms with Crippen LogP contribution in [-0.2, 0) is 0 Å². The van der Waals surface area contributed by atoms with Crippen LogP contribution in [-0.4, -0.2) is 40.2 Å². The number of carboxylic acid groups (broad SMARTS) is 1. The summed E-state index contributed by atoms with van der Waals surface area (Å²) in [5, 5.41) is 31.1. The number of carbonyl (C=O) groups is 2. The first-order chi connectivity index (χ1) is 17.3. The second-order valence-electron chi connectivity index (χ2n) is 8.37. The van der Waals surface area contributed by atoms with Gasteiger partial charge in [-0.2, -0.15) is 0 Å². The summed E-state index contributed by atoms with van der Waals surface area (Å²) >= 11 is 0. The first-order valence-electron chi connectivity index (χ1n) is 11.1. The molecule has 1 aliphatic carbocycles. The second kappa shape index (κ2) is 9.31. The summed E-state index contributed by atoms with van der Waals surface area (Å²) in [4.78, 5) is 24.7. The van der Waals surface area contributed by atoms with Gasteiger partial charge in [-0.05, 0) is 47.4 Å². The van der Waals surface area contributed by atoms with Gasteiger partial charge in [0.2, 0.25) is 0 Å². The van der Waals surface area contributed by atoms with Crippen LogP contribution in [0.15, 0.2) is 96.3 Å². The van der Waals surface area contributed by atoms with E-state index in [0.717, 1.165) is 5.57 Å². The van der Waals surface area contributed by atoms with Crippen molar-refractivity contribution < 1.29 is 29.5 Å². The van der Waals surface area contributed by atoms with Crippen LogP contribution < -0.4 is 21.3 Å². The summed E-state index contributed by atoms with van der Waals surface area (Å²) in [6.07, 6.45) is 5.40. The standard InChI is InChI=1S/C27H21BN2O6/c29-17-9-11-21-23(13-17)36-24-14-18(30-26(31)15-5-7-16(8-6-15)28(34)35)10-12-22(24)25(21)19-3-1-2-4-20(19)27(32)33/h1-14,17,34-35H,29H2,(H,30,31)(H,32,33). The van der Waals surface area contributed by atoms with Gasteiger partial charge in [0, 0.05) is 40.1 Å². The number of amides is 1. The van der Waals surface area contributed by atoms with Gasteiger partial charge in [0.25, 0.3) is 5.91 Å². The van der Waals surface area contributed by atoms with Crippen molar-refractivity contribution in [3.05, 3.63) is 119 Å². The van der Waals surface area contributed by atoms with Crippen LogP contribution in [0.4, 0.5) is 5.69 Å². The van der Waals surface area contributed by atoms with Gasteiger partial charge in [-0.25, -0.2) is 4.79 Å². The van der Waals surface area contributed by atoms with Crippen LogP contribution >= 0.6 is 0 Å². The highest BCUT2D eigenvalue weighted by Crippen LogP contribution is 2.44. The molecule has 1 amide bonds. The molecule has 1 unspecified atom stereocenters. The summed E-state index contributed by atoms with van der Waals surface area (Å²) in [5.74, 6) is -0.481. The number of aromatic carboxylic acids is 1. The fourth-order valence-corrected chi connectivity index (χ4v) is 4.25. The lowest BCUT2D eigenvalue weighted by Crippen LogP contribution is -2.29. The van der Waals surface area contributed by atoms with E-state index in [1.54, 1.807) is 48.5 Å². The molecule has 8 nitrogen and oxygen atoms in total. The van der Waals surface area contributed by atoms with E-state index in [9.17, 15) is 24.7 Å². The number of nitrogens with one attached hydrogen (secondary N) is 1. The van der Waals surface area contributed by atoms with Gasteiger partial charge in [-0.1, -0.05) is 42.5 Å². The van der Waals surface area contributed by atoms with Crippen LogP contribution in [0, 0.1) is 0 Å². The molecule has 3 aromatic carbocycles. The van der Waals surface area contributed by atoms with Crippen LogP contribution in [0.25, 0.3) is 5.57 Å². The van der Waals surface area contributed by atoms with Gasteiger partial charge in [-0.15, -0.1) is 0 Å². The molecule has 0 spiro atoms. The predicted molar refractivity (Wildman–Crippen MR) is 136 cm³/mol. The second-order valence-corrected chi connectivity index (χ2v) is 8.37. The predicted octanol–water partition coefficient (Wildman–Crippen LogP) is 2.29. The minimum absolute atomic E-state index is 0.157. The van der Waals surface area contributed by atoms with Crippen molar-refractivity contribution >= 4 is 35.7 Å². The van der Waals surface area contributed by atoms with Gasteiger partial charge >= 0.3 is 13.1 Å². The summed E-state index contributed by atoms with van der Waals surface area (Å²) in [6.45, 7) is 0. The van der Waals surface area contributed by atoms with Crippen molar-refractivity contribution in [2.75, 3.05) is 5.32 Å². The molecule has 1 aliphatic heterocycles. The number of nitrogens with two attached hydrogens (primary N) is 1. The van der Waals surface area contributed by atoms with Gasteiger partial charge in [0.1, 0.15) is 11.5 Å². The number of fused-ring (bicyclic) bond motifs is 2. The minimum atomic E-state index is -1.62. The van der Waals surface area contributed by atoms with Gasteiger partial charge < -0.3 is 30.9 Å². The molecule has 178 valence electrons. The number of carbonyl (C=O) groups excluding carboxylic acids is 1. The number of ether oxygens (including phenoxy) is 1. The maximum atomic E-state index is 12.8. The molecule has 0 saturated heterocycles. The largest absolute Gasteiger partial charge is 0.488 e. The van der Waals surface area contributed by atoms with Gasteiger partial charge in [0.05, 0.1) is 5.56 Å². The number of carboxylic acids is 1. The van der Waals surface area contributed by atoms with E-state index in [4.69, 9.17) is 10.5 Å². The van der Waals surface area contributed by atoms with E-state index >= 15 is 0 Å². The first-order valence-corrected chi connectivity index (χ1v) is 11.1. The maximum absolute atomic E-state index is 12.8. The monoisotopic (exact) mass is 480 g/mol. The number of allylic oxidation sites excluding steroid dienone is 1. The third kappa shape index (κ3) is 4.34. The zero-order valence-corrected chi connectivity index (χ0v) is 18.9. The third-order valence-corrected chi connectivity index (χ3v) is 5.99. The quantitative estimate of drug-likeness (QED) is 0.353. The summed E-state index contributed by atoms with van der Waals surface area (Å²) in [7, 11) is -1.62. The van der Waals surface area contributed by atoms with E-state index < -0.39 is 13.1 Å². The van der Waals surface area contributed by atoms with Crippen molar-refractivity contribution in [2.24, 2.45) is 5.73 Å².